The number of likely N-dealkylation sites (tertiary alicyclic amines) is 2. The van der Waals surface area contributed by atoms with Crippen LogP contribution in [0.2, 0.25) is 0 Å². The van der Waals surface area contributed by atoms with Gasteiger partial charge in [0.2, 0.25) is 0 Å². The molecule has 1 amide bonds. The van der Waals surface area contributed by atoms with E-state index in [1.807, 2.05) is 0 Å². The molecule has 5 heteroatoms. The third-order valence-corrected chi connectivity index (χ3v) is 3.87. The molecule has 4 nitrogen and oxygen atoms in total. The SMILES string of the molecule is O=C(O)N1CCC(N2CCC(S)C2)CC1. The van der Waals surface area contributed by atoms with Gasteiger partial charge in [-0.15, -0.1) is 0 Å². The van der Waals surface area contributed by atoms with Crippen LogP contribution >= 0.6 is 12.6 Å². The molecule has 0 radical (unpaired) electrons. The molecular weight excluding hydrogens is 212 g/mol. The predicted octanol–water partition coefficient (Wildman–Crippen LogP) is 1.13. The first-order valence-corrected chi connectivity index (χ1v) is 6.08. The Hall–Kier alpha value is -0.420. The number of hydrogen-bond acceptors (Lipinski definition) is 3. The zero-order valence-corrected chi connectivity index (χ0v) is 9.70. The Bertz CT molecular complexity index is 242. The van der Waals surface area contributed by atoms with Gasteiger partial charge in [0.1, 0.15) is 0 Å². The molecule has 0 aromatic carbocycles. The van der Waals surface area contributed by atoms with Crippen molar-refractivity contribution in [1.82, 2.24) is 9.80 Å². The first-order valence-electron chi connectivity index (χ1n) is 5.57. The third kappa shape index (κ3) is 2.58. The standard InChI is InChI=1S/C10H18N2O2S/c13-10(14)11-4-1-8(2-5-11)12-6-3-9(15)7-12/h8-9,15H,1-7H2,(H,13,14). The topological polar surface area (TPSA) is 43.8 Å². The third-order valence-electron chi connectivity index (χ3n) is 3.45. The zero-order valence-electron chi connectivity index (χ0n) is 8.80. The number of rotatable bonds is 1. The number of nitrogens with zero attached hydrogens (tertiary/aromatic N) is 2. The van der Waals surface area contributed by atoms with Crippen LogP contribution in [0, 0.1) is 0 Å². The Balaban J connectivity index is 1.80. The van der Waals surface area contributed by atoms with Crippen molar-refractivity contribution in [3.8, 4) is 0 Å². The van der Waals surface area contributed by atoms with Crippen LogP contribution in [0.25, 0.3) is 0 Å². The number of hydrogen-bond donors (Lipinski definition) is 2. The van der Waals surface area contributed by atoms with Gasteiger partial charge in [-0.25, -0.2) is 4.79 Å². The summed E-state index contributed by atoms with van der Waals surface area (Å²) in [5, 5.41) is 9.35. The van der Waals surface area contributed by atoms with Crippen molar-refractivity contribution in [3.63, 3.8) is 0 Å². The first kappa shape index (κ1) is 11.1. The number of carboxylic acid groups (broad SMARTS) is 1. The minimum atomic E-state index is -0.776. The lowest BCUT2D eigenvalue weighted by Crippen LogP contribution is -2.45. The molecule has 0 aromatic rings. The van der Waals surface area contributed by atoms with E-state index >= 15 is 0 Å². The lowest BCUT2D eigenvalue weighted by molar-refractivity contribution is 0.105. The highest BCUT2D eigenvalue weighted by atomic mass is 32.1. The van der Waals surface area contributed by atoms with Crippen LogP contribution < -0.4 is 0 Å². The molecular formula is C10H18N2O2S. The van der Waals surface area contributed by atoms with E-state index in [0.717, 1.165) is 25.9 Å². The minimum absolute atomic E-state index is 0.516. The molecule has 0 aliphatic carbocycles. The summed E-state index contributed by atoms with van der Waals surface area (Å²) in [7, 11) is 0. The van der Waals surface area contributed by atoms with Gasteiger partial charge >= 0.3 is 6.09 Å². The van der Waals surface area contributed by atoms with Crippen molar-refractivity contribution < 1.29 is 9.90 Å². The molecule has 2 heterocycles. The van der Waals surface area contributed by atoms with E-state index in [0.29, 0.717) is 24.4 Å². The summed E-state index contributed by atoms with van der Waals surface area (Å²) in [6, 6.07) is 0.581. The first-order chi connectivity index (χ1) is 7.16. The highest BCUT2D eigenvalue weighted by molar-refractivity contribution is 7.81. The second-order valence-corrected chi connectivity index (χ2v) is 5.17. The van der Waals surface area contributed by atoms with Crippen LogP contribution in [0.1, 0.15) is 19.3 Å². The van der Waals surface area contributed by atoms with E-state index in [1.54, 1.807) is 0 Å². The molecule has 2 rings (SSSR count). The summed E-state index contributed by atoms with van der Waals surface area (Å²) in [5.41, 5.74) is 0. The van der Waals surface area contributed by atoms with Gasteiger partial charge in [-0.3, -0.25) is 4.90 Å². The summed E-state index contributed by atoms with van der Waals surface area (Å²) in [6.45, 7) is 3.58. The largest absolute Gasteiger partial charge is 0.465 e. The molecule has 1 atom stereocenters. The number of thiol groups is 1. The number of amides is 1. The summed E-state index contributed by atoms with van der Waals surface area (Å²) in [5.74, 6) is 0. The average Bonchev–Trinajstić information content (AvgIpc) is 2.65. The van der Waals surface area contributed by atoms with Crippen LogP contribution in [-0.2, 0) is 0 Å². The van der Waals surface area contributed by atoms with E-state index in [2.05, 4.69) is 17.5 Å². The fraction of sp³-hybridized carbons (Fsp3) is 0.900. The predicted molar refractivity (Wildman–Crippen MR) is 61.6 cm³/mol. The second-order valence-electron chi connectivity index (χ2n) is 4.44. The van der Waals surface area contributed by atoms with Gasteiger partial charge in [0.15, 0.2) is 0 Å². The van der Waals surface area contributed by atoms with Crippen molar-refractivity contribution in [1.29, 1.82) is 0 Å². The molecule has 15 heavy (non-hydrogen) atoms. The normalized spacial score (nSPS) is 29.7. The Labute approximate surface area is 95.6 Å². The molecule has 86 valence electrons. The summed E-state index contributed by atoms with van der Waals surface area (Å²) in [4.78, 5) is 14.7. The minimum Gasteiger partial charge on any atom is -0.465 e. The van der Waals surface area contributed by atoms with Gasteiger partial charge < -0.3 is 10.0 Å². The van der Waals surface area contributed by atoms with Crippen molar-refractivity contribution in [2.24, 2.45) is 0 Å². The van der Waals surface area contributed by atoms with Gasteiger partial charge in [0.05, 0.1) is 0 Å². The van der Waals surface area contributed by atoms with Gasteiger partial charge in [-0.1, -0.05) is 0 Å². The van der Waals surface area contributed by atoms with Crippen LogP contribution in [0.15, 0.2) is 0 Å². The zero-order chi connectivity index (χ0) is 10.8. The van der Waals surface area contributed by atoms with Gasteiger partial charge in [-0.2, -0.15) is 12.6 Å². The van der Waals surface area contributed by atoms with Crippen LogP contribution in [0.4, 0.5) is 4.79 Å². The van der Waals surface area contributed by atoms with Crippen molar-refractivity contribution in [3.05, 3.63) is 0 Å². The van der Waals surface area contributed by atoms with E-state index in [1.165, 1.54) is 11.3 Å². The number of carbonyl (C=O) groups is 1. The molecule has 2 aliphatic heterocycles. The smallest absolute Gasteiger partial charge is 0.407 e. The molecule has 1 unspecified atom stereocenters. The summed E-state index contributed by atoms with van der Waals surface area (Å²) >= 11 is 4.48. The van der Waals surface area contributed by atoms with Crippen LogP contribution in [0.3, 0.4) is 0 Å². The van der Waals surface area contributed by atoms with Crippen molar-refractivity contribution >= 4 is 18.7 Å². The van der Waals surface area contributed by atoms with Gasteiger partial charge in [0, 0.05) is 30.9 Å². The highest BCUT2D eigenvalue weighted by Gasteiger charge is 2.30. The van der Waals surface area contributed by atoms with Crippen LogP contribution in [0.5, 0.6) is 0 Å². The van der Waals surface area contributed by atoms with E-state index < -0.39 is 6.09 Å². The quantitative estimate of drug-likeness (QED) is 0.664. The fourth-order valence-electron chi connectivity index (χ4n) is 2.52. The Morgan fingerprint density at radius 3 is 2.33 bits per heavy atom. The van der Waals surface area contributed by atoms with E-state index in [-0.39, 0.29) is 0 Å². The monoisotopic (exact) mass is 230 g/mol. The van der Waals surface area contributed by atoms with E-state index in [9.17, 15) is 4.79 Å². The Kier molecular flexibility index (Phi) is 3.41. The maximum atomic E-state index is 10.7. The van der Waals surface area contributed by atoms with Gasteiger partial charge in [0.25, 0.3) is 0 Å². The number of piperidine rings is 1. The molecule has 0 bridgehead atoms. The second kappa shape index (κ2) is 4.61. The molecule has 2 fully saturated rings. The van der Waals surface area contributed by atoms with Crippen molar-refractivity contribution in [2.75, 3.05) is 26.2 Å². The average molecular weight is 230 g/mol. The fourth-order valence-corrected chi connectivity index (χ4v) is 2.85. The maximum absolute atomic E-state index is 10.7. The highest BCUT2D eigenvalue weighted by Crippen LogP contribution is 2.23. The Morgan fingerprint density at radius 2 is 1.87 bits per heavy atom. The maximum Gasteiger partial charge on any atom is 0.407 e. The summed E-state index contributed by atoms with van der Waals surface area (Å²) in [6.07, 6.45) is 2.35. The van der Waals surface area contributed by atoms with E-state index in [4.69, 9.17) is 5.11 Å². The molecule has 0 aromatic heterocycles. The lowest BCUT2D eigenvalue weighted by atomic mass is 10.0. The van der Waals surface area contributed by atoms with Crippen LogP contribution in [-0.4, -0.2) is 58.5 Å². The lowest BCUT2D eigenvalue weighted by Gasteiger charge is -2.35. The van der Waals surface area contributed by atoms with Gasteiger partial charge in [-0.05, 0) is 25.8 Å². The molecule has 0 spiro atoms. The Morgan fingerprint density at radius 1 is 1.20 bits per heavy atom. The summed E-state index contributed by atoms with van der Waals surface area (Å²) < 4.78 is 0. The molecule has 2 saturated heterocycles. The molecule has 0 saturated carbocycles. The molecule has 1 N–H and O–H groups in total. The van der Waals surface area contributed by atoms with Crippen molar-refractivity contribution in [2.45, 2.75) is 30.6 Å². The molecule has 2 aliphatic rings.